The van der Waals surface area contributed by atoms with Gasteiger partial charge >= 0.3 is 0 Å². The molecule has 1 aliphatic rings. The summed E-state index contributed by atoms with van der Waals surface area (Å²) in [5.74, 6) is -0.316. The standard InChI is InChI=1S/C28H32N4O2/c1-28(2,3)30-27(34)26(22-13-17-29-18-14-22)32(23-10-5-4-6-11-23)25(33)16-20-31-19-15-21-9-7-8-12-24(21)31/h4-14,17-18,26H,15-16,19-20H2,1-3H3,(H,30,34). The molecule has 2 aromatic carbocycles. The molecule has 0 bridgehead atoms. The van der Waals surface area contributed by atoms with Crippen molar-refractivity contribution >= 4 is 23.2 Å². The van der Waals surface area contributed by atoms with Crippen molar-refractivity contribution in [3.63, 3.8) is 0 Å². The van der Waals surface area contributed by atoms with Crippen molar-refractivity contribution in [3.8, 4) is 0 Å². The second-order valence-corrected chi connectivity index (χ2v) is 9.64. The maximum absolute atomic E-state index is 13.8. The van der Waals surface area contributed by atoms with Crippen LogP contribution in [0.1, 0.15) is 44.4 Å². The van der Waals surface area contributed by atoms with Crippen LogP contribution < -0.4 is 15.1 Å². The van der Waals surface area contributed by atoms with Gasteiger partial charge in [0.1, 0.15) is 6.04 Å². The van der Waals surface area contributed by atoms with Gasteiger partial charge in [-0.3, -0.25) is 19.5 Å². The first kappa shape index (κ1) is 23.5. The molecule has 0 saturated heterocycles. The van der Waals surface area contributed by atoms with Crippen molar-refractivity contribution in [1.29, 1.82) is 0 Å². The smallest absolute Gasteiger partial charge is 0.248 e. The van der Waals surface area contributed by atoms with Gasteiger partial charge in [0.2, 0.25) is 11.8 Å². The zero-order chi connectivity index (χ0) is 24.1. The number of nitrogens with zero attached hydrogens (tertiary/aromatic N) is 3. The molecule has 2 heterocycles. The molecular formula is C28H32N4O2. The lowest BCUT2D eigenvalue weighted by Gasteiger charge is -2.34. The largest absolute Gasteiger partial charge is 0.370 e. The Morgan fingerprint density at radius 1 is 1.00 bits per heavy atom. The fourth-order valence-electron chi connectivity index (χ4n) is 4.42. The summed E-state index contributed by atoms with van der Waals surface area (Å²) >= 11 is 0. The predicted molar refractivity (Wildman–Crippen MR) is 136 cm³/mol. The van der Waals surface area contributed by atoms with E-state index < -0.39 is 11.6 Å². The van der Waals surface area contributed by atoms with Gasteiger partial charge in [0.25, 0.3) is 0 Å². The number of aromatic nitrogens is 1. The highest BCUT2D eigenvalue weighted by atomic mass is 16.2. The molecule has 1 atom stereocenters. The van der Waals surface area contributed by atoms with Gasteiger partial charge < -0.3 is 10.2 Å². The summed E-state index contributed by atoms with van der Waals surface area (Å²) in [6, 6.07) is 20.6. The number of para-hydroxylation sites is 2. The summed E-state index contributed by atoms with van der Waals surface area (Å²) < 4.78 is 0. The Bertz CT molecular complexity index is 1130. The van der Waals surface area contributed by atoms with Gasteiger partial charge in [0.05, 0.1) is 0 Å². The minimum atomic E-state index is -0.803. The van der Waals surface area contributed by atoms with Gasteiger partial charge in [-0.05, 0) is 68.7 Å². The van der Waals surface area contributed by atoms with E-state index in [9.17, 15) is 9.59 Å². The third-order valence-corrected chi connectivity index (χ3v) is 5.91. The molecule has 1 aliphatic heterocycles. The fourth-order valence-corrected chi connectivity index (χ4v) is 4.42. The zero-order valence-corrected chi connectivity index (χ0v) is 20.1. The van der Waals surface area contributed by atoms with Crippen LogP contribution in [0, 0.1) is 0 Å². The molecule has 0 spiro atoms. The highest BCUT2D eigenvalue weighted by Crippen LogP contribution is 2.31. The fraction of sp³-hybridized carbons (Fsp3) is 0.321. The van der Waals surface area contributed by atoms with Crippen molar-refractivity contribution in [2.24, 2.45) is 0 Å². The molecule has 6 heteroatoms. The van der Waals surface area contributed by atoms with E-state index in [1.807, 2.05) is 57.2 Å². The number of carbonyl (C=O) groups is 2. The Balaban J connectivity index is 1.65. The SMILES string of the molecule is CC(C)(C)NC(=O)C(c1ccncc1)N(C(=O)CCN1CCc2ccccc21)c1ccccc1. The van der Waals surface area contributed by atoms with E-state index in [-0.39, 0.29) is 11.8 Å². The molecule has 1 aromatic heterocycles. The van der Waals surface area contributed by atoms with Crippen LogP contribution in [-0.4, -0.2) is 35.4 Å². The molecular weight excluding hydrogens is 424 g/mol. The van der Waals surface area contributed by atoms with E-state index in [2.05, 4.69) is 33.4 Å². The summed E-state index contributed by atoms with van der Waals surface area (Å²) in [6.45, 7) is 7.31. The number of nitrogens with one attached hydrogen (secondary N) is 1. The molecule has 6 nitrogen and oxygen atoms in total. The van der Waals surface area contributed by atoms with Gasteiger partial charge in [0.15, 0.2) is 0 Å². The number of carbonyl (C=O) groups excluding carboxylic acids is 2. The van der Waals surface area contributed by atoms with Crippen LogP contribution in [0.3, 0.4) is 0 Å². The van der Waals surface area contributed by atoms with Crippen molar-refractivity contribution in [2.75, 3.05) is 22.9 Å². The van der Waals surface area contributed by atoms with Gasteiger partial charge in [-0.1, -0.05) is 36.4 Å². The maximum atomic E-state index is 13.8. The molecule has 0 saturated carbocycles. The Morgan fingerprint density at radius 2 is 1.68 bits per heavy atom. The summed E-state index contributed by atoms with van der Waals surface area (Å²) in [7, 11) is 0. The second kappa shape index (κ2) is 10.1. The van der Waals surface area contributed by atoms with E-state index >= 15 is 0 Å². The third-order valence-electron chi connectivity index (χ3n) is 5.91. The van der Waals surface area contributed by atoms with E-state index in [0.717, 1.165) is 18.5 Å². The van der Waals surface area contributed by atoms with Crippen LogP contribution in [-0.2, 0) is 16.0 Å². The minimum Gasteiger partial charge on any atom is -0.370 e. The number of anilines is 2. The number of hydrogen-bond donors (Lipinski definition) is 1. The molecule has 0 radical (unpaired) electrons. The Morgan fingerprint density at radius 3 is 2.38 bits per heavy atom. The normalized spacial score (nSPS) is 13.8. The molecule has 34 heavy (non-hydrogen) atoms. The number of pyridine rings is 1. The first-order chi connectivity index (χ1) is 16.3. The van der Waals surface area contributed by atoms with Crippen molar-refractivity contribution in [2.45, 2.75) is 45.2 Å². The quantitative estimate of drug-likeness (QED) is 0.568. The van der Waals surface area contributed by atoms with Gasteiger partial charge in [0, 0.05) is 48.8 Å². The van der Waals surface area contributed by atoms with Gasteiger partial charge in [-0.25, -0.2) is 0 Å². The van der Waals surface area contributed by atoms with Crippen LogP contribution >= 0.6 is 0 Å². The van der Waals surface area contributed by atoms with E-state index in [1.54, 1.807) is 29.4 Å². The van der Waals surface area contributed by atoms with E-state index in [0.29, 0.717) is 18.7 Å². The van der Waals surface area contributed by atoms with Crippen molar-refractivity contribution in [1.82, 2.24) is 10.3 Å². The average Bonchev–Trinajstić information content (AvgIpc) is 3.24. The van der Waals surface area contributed by atoms with Crippen LogP contribution in [0.5, 0.6) is 0 Å². The lowest BCUT2D eigenvalue weighted by molar-refractivity contribution is -0.127. The molecule has 1 N–H and O–H groups in total. The number of fused-ring (bicyclic) bond motifs is 1. The molecule has 1 unspecified atom stereocenters. The third kappa shape index (κ3) is 5.45. The highest BCUT2D eigenvalue weighted by molar-refractivity contribution is 6.01. The summed E-state index contributed by atoms with van der Waals surface area (Å²) in [6.07, 6.45) is 4.59. The lowest BCUT2D eigenvalue weighted by atomic mass is 10.0. The summed E-state index contributed by atoms with van der Waals surface area (Å²) in [5.41, 5.74) is 3.49. The molecule has 4 rings (SSSR count). The Hall–Kier alpha value is -3.67. The predicted octanol–water partition coefficient (Wildman–Crippen LogP) is 4.52. The van der Waals surface area contributed by atoms with Crippen molar-refractivity contribution < 1.29 is 9.59 Å². The summed E-state index contributed by atoms with van der Waals surface area (Å²) in [4.78, 5) is 35.4. The monoisotopic (exact) mass is 456 g/mol. The van der Waals surface area contributed by atoms with Gasteiger partial charge in [-0.15, -0.1) is 0 Å². The lowest BCUT2D eigenvalue weighted by Crippen LogP contribution is -2.49. The van der Waals surface area contributed by atoms with Crippen LogP contribution in [0.4, 0.5) is 11.4 Å². The highest BCUT2D eigenvalue weighted by Gasteiger charge is 2.34. The number of hydrogen-bond acceptors (Lipinski definition) is 4. The van der Waals surface area contributed by atoms with Gasteiger partial charge in [-0.2, -0.15) is 0 Å². The first-order valence-corrected chi connectivity index (χ1v) is 11.8. The van der Waals surface area contributed by atoms with E-state index in [4.69, 9.17) is 0 Å². The number of amides is 2. The first-order valence-electron chi connectivity index (χ1n) is 11.8. The van der Waals surface area contributed by atoms with Crippen LogP contribution in [0.25, 0.3) is 0 Å². The molecule has 176 valence electrons. The van der Waals surface area contributed by atoms with Crippen LogP contribution in [0.2, 0.25) is 0 Å². The molecule has 3 aromatic rings. The Labute approximate surface area is 201 Å². The zero-order valence-electron chi connectivity index (χ0n) is 20.1. The average molecular weight is 457 g/mol. The molecule has 0 aliphatic carbocycles. The Kier molecular flexibility index (Phi) is 6.96. The second-order valence-electron chi connectivity index (χ2n) is 9.64. The van der Waals surface area contributed by atoms with Crippen LogP contribution in [0.15, 0.2) is 79.1 Å². The van der Waals surface area contributed by atoms with Crippen molar-refractivity contribution in [3.05, 3.63) is 90.3 Å². The minimum absolute atomic E-state index is 0.0959. The number of benzene rings is 2. The maximum Gasteiger partial charge on any atom is 0.248 e. The topological polar surface area (TPSA) is 65.5 Å². The number of rotatable bonds is 7. The molecule has 0 fully saturated rings. The summed E-state index contributed by atoms with van der Waals surface area (Å²) in [5, 5.41) is 3.07. The molecule has 2 amide bonds. The van der Waals surface area contributed by atoms with E-state index in [1.165, 1.54) is 11.3 Å².